The van der Waals surface area contributed by atoms with Crippen molar-refractivity contribution in [2.24, 2.45) is 0 Å². The first-order valence-corrected chi connectivity index (χ1v) is 7.19. The standard InChI is InChI=1S/C16H15NOS/c1-19-16(17-14-10-6-3-7-11-14)12-15(18)13-8-4-2-5-9-13/h2-12,17H,1H3/b16-12+. The van der Waals surface area contributed by atoms with Gasteiger partial charge in [0.25, 0.3) is 0 Å². The Kier molecular flexibility index (Phi) is 4.81. The fourth-order valence-corrected chi connectivity index (χ4v) is 2.06. The highest BCUT2D eigenvalue weighted by Crippen LogP contribution is 2.17. The average Bonchev–Trinajstić information content (AvgIpc) is 2.48. The predicted octanol–water partition coefficient (Wildman–Crippen LogP) is 4.19. The lowest BCUT2D eigenvalue weighted by atomic mass is 10.1. The summed E-state index contributed by atoms with van der Waals surface area (Å²) in [5.41, 5.74) is 1.67. The number of carbonyl (C=O) groups excluding carboxylic acids is 1. The third-order valence-electron chi connectivity index (χ3n) is 2.58. The molecule has 0 bridgehead atoms. The monoisotopic (exact) mass is 269 g/mol. The van der Waals surface area contributed by atoms with E-state index in [-0.39, 0.29) is 5.78 Å². The van der Waals surface area contributed by atoms with Gasteiger partial charge in [-0.15, -0.1) is 11.8 Å². The molecule has 0 saturated carbocycles. The van der Waals surface area contributed by atoms with Gasteiger partial charge in [0.15, 0.2) is 5.78 Å². The molecule has 2 nitrogen and oxygen atoms in total. The molecule has 0 aliphatic heterocycles. The lowest BCUT2D eigenvalue weighted by Crippen LogP contribution is -2.01. The van der Waals surface area contributed by atoms with Crippen LogP contribution in [0.4, 0.5) is 5.69 Å². The Morgan fingerprint density at radius 1 is 1.00 bits per heavy atom. The van der Waals surface area contributed by atoms with Gasteiger partial charge in [-0.1, -0.05) is 48.5 Å². The molecular formula is C16H15NOS. The van der Waals surface area contributed by atoms with Crippen molar-refractivity contribution in [3.05, 3.63) is 77.3 Å². The Labute approximate surface area is 117 Å². The number of hydrogen-bond acceptors (Lipinski definition) is 3. The number of carbonyl (C=O) groups is 1. The minimum absolute atomic E-state index is 0.00776. The molecule has 0 radical (unpaired) electrons. The van der Waals surface area contributed by atoms with E-state index < -0.39 is 0 Å². The van der Waals surface area contributed by atoms with Gasteiger partial charge in [-0.05, 0) is 18.4 Å². The molecular weight excluding hydrogens is 254 g/mol. The molecule has 96 valence electrons. The fourth-order valence-electron chi connectivity index (χ4n) is 1.61. The summed E-state index contributed by atoms with van der Waals surface area (Å²) in [5.74, 6) is 0.00776. The molecule has 0 amide bonds. The van der Waals surface area contributed by atoms with Crippen molar-refractivity contribution in [1.82, 2.24) is 0 Å². The van der Waals surface area contributed by atoms with E-state index in [2.05, 4.69) is 5.32 Å². The molecule has 2 aromatic rings. The lowest BCUT2D eigenvalue weighted by Gasteiger charge is -2.08. The van der Waals surface area contributed by atoms with E-state index in [4.69, 9.17) is 0 Å². The Bertz CT molecular complexity index is 564. The van der Waals surface area contributed by atoms with Crippen LogP contribution in [0.2, 0.25) is 0 Å². The minimum atomic E-state index is 0.00776. The summed E-state index contributed by atoms with van der Waals surface area (Å²) in [6, 6.07) is 19.1. The predicted molar refractivity (Wildman–Crippen MR) is 82.4 cm³/mol. The summed E-state index contributed by atoms with van der Waals surface area (Å²) in [7, 11) is 0. The van der Waals surface area contributed by atoms with E-state index in [0.29, 0.717) is 5.56 Å². The highest BCUT2D eigenvalue weighted by atomic mass is 32.2. The molecule has 0 atom stereocenters. The van der Waals surface area contributed by atoms with E-state index in [1.54, 1.807) is 6.08 Å². The molecule has 0 spiro atoms. The SMILES string of the molecule is CS/C(=C/C(=O)c1ccccc1)Nc1ccccc1. The molecule has 19 heavy (non-hydrogen) atoms. The normalized spacial score (nSPS) is 11.1. The van der Waals surface area contributed by atoms with Gasteiger partial charge in [0.05, 0.1) is 5.03 Å². The second kappa shape index (κ2) is 6.81. The van der Waals surface area contributed by atoms with E-state index in [1.165, 1.54) is 11.8 Å². The Balaban J connectivity index is 2.13. The molecule has 0 aliphatic carbocycles. The summed E-state index contributed by atoms with van der Waals surface area (Å²) in [6.45, 7) is 0. The lowest BCUT2D eigenvalue weighted by molar-refractivity contribution is 0.104. The van der Waals surface area contributed by atoms with Crippen molar-refractivity contribution in [1.29, 1.82) is 0 Å². The fraction of sp³-hybridized carbons (Fsp3) is 0.0625. The highest BCUT2D eigenvalue weighted by molar-refractivity contribution is 8.02. The summed E-state index contributed by atoms with van der Waals surface area (Å²) in [5, 5.41) is 4.07. The molecule has 0 heterocycles. The molecule has 2 aromatic carbocycles. The van der Waals surface area contributed by atoms with Crippen molar-refractivity contribution in [3.8, 4) is 0 Å². The summed E-state index contributed by atoms with van der Waals surface area (Å²) >= 11 is 1.52. The van der Waals surface area contributed by atoms with Crippen LogP contribution in [0.3, 0.4) is 0 Å². The molecule has 0 saturated heterocycles. The topological polar surface area (TPSA) is 29.1 Å². The largest absolute Gasteiger partial charge is 0.350 e. The smallest absolute Gasteiger partial charge is 0.188 e. The number of nitrogens with one attached hydrogen (secondary N) is 1. The first-order valence-electron chi connectivity index (χ1n) is 5.97. The molecule has 2 rings (SSSR count). The number of ketones is 1. The quantitative estimate of drug-likeness (QED) is 0.652. The molecule has 0 aliphatic rings. The number of allylic oxidation sites excluding steroid dienone is 1. The van der Waals surface area contributed by atoms with Gasteiger partial charge >= 0.3 is 0 Å². The van der Waals surface area contributed by atoms with Gasteiger partial charge in [-0.3, -0.25) is 4.79 Å². The van der Waals surface area contributed by atoms with E-state index in [1.807, 2.05) is 66.9 Å². The molecule has 3 heteroatoms. The number of rotatable bonds is 5. The van der Waals surface area contributed by atoms with Crippen molar-refractivity contribution in [3.63, 3.8) is 0 Å². The first kappa shape index (κ1) is 13.4. The van der Waals surface area contributed by atoms with Crippen LogP contribution in [-0.2, 0) is 0 Å². The van der Waals surface area contributed by atoms with Gasteiger partial charge in [-0.2, -0.15) is 0 Å². The van der Waals surface area contributed by atoms with Crippen LogP contribution >= 0.6 is 11.8 Å². The van der Waals surface area contributed by atoms with Crippen LogP contribution in [0, 0.1) is 0 Å². The van der Waals surface area contributed by atoms with Gasteiger partial charge in [-0.25, -0.2) is 0 Å². The van der Waals surface area contributed by atoms with Gasteiger partial charge < -0.3 is 5.32 Å². The maximum atomic E-state index is 12.1. The zero-order valence-corrected chi connectivity index (χ0v) is 11.5. The minimum Gasteiger partial charge on any atom is -0.350 e. The van der Waals surface area contributed by atoms with Crippen LogP contribution in [0.1, 0.15) is 10.4 Å². The van der Waals surface area contributed by atoms with Gasteiger partial charge in [0.1, 0.15) is 0 Å². The van der Waals surface area contributed by atoms with Crippen LogP contribution in [0.5, 0.6) is 0 Å². The van der Waals surface area contributed by atoms with Crippen LogP contribution < -0.4 is 5.32 Å². The van der Waals surface area contributed by atoms with Gasteiger partial charge in [0.2, 0.25) is 0 Å². The van der Waals surface area contributed by atoms with Crippen molar-refractivity contribution in [2.45, 2.75) is 0 Å². The zero-order valence-electron chi connectivity index (χ0n) is 10.7. The van der Waals surface area contributed by atoms with Crippen molar-refractivity contribution in [2.75, 3.05) is 11.6 Å². The number of thioether (sulfide) groups is 1. The van der Waals surface area contributed by atoms with Crippen molar-refractivity contribution >= 4 is 23.2 Å². The third-order valence-corrected chi connectivity index (χ3v) is 3.24. The zero-order chi connectivity index (χ0) is 13.5. The molecule has 0 unspecified atom stereocenters. The molecule has 0 aromatic heterocycles. The first-order chi connectivity index (χ1) is 9.29. The second-order valence-corrected chi connectivity index (χ2v) is 4.78. The summed E-state index contributed by atoms with van der Waals surface area (Å²) in [4.78, 5) is 12.1. The maximum absolute atomic E-state index is 12.1. The third kappa shape index (κ3) is 4.00. The number of hydrogen-bond donors (Lipinski definition) is 1. The van der Waals surface area contributed by atoms with Crippen LogP contribution in [0.15, 0.2) is 71.8 Å². The molecule has 1 N–H and O–H groups in total. The number of benzene rings is 2. The maximum Gasteiger partial charge on any atom is 0.188 e. The Morgan fingerprint density at radius 3 is 2.16 bits per heavy atom. The number of anilines is 1. The number of para-hydroxylation sites is 1. The highest BCUT2D eigenvalue weighted by Gasteiger charge is 2.04. The second-order valence-electron chi connectivity index (χ2n) is 3.93. The van der Waals surface area contributed by atoms with Crippen LogP contribution in [-0.4, -0.2) is 12.0 Å². The molecule has 0 fully saturated rings. The Morgan fingerprint density at radius 2 is 1.58 bits per heavy atom. The summed E-state index contributed by atoms with van der Waals surface area (Å²) < 4.78 is 0. The summed E-state index contributed by atoms with van der Waals surface area (Å²) in [6.07, 6.45) is 3.58. The van der Waals surface area contributed by atoms with Gasteiger partial charge in [0, 0.05) is 17.3 Å². The van der Waals surface area contributed by atoms with E-state index in [0.717, 1.165) is 10.7 Å². The average molecular weight is 269 g/mol. The van der Waals surface area contributed by atoms with Crippen LogP contribution in [0.25, 0.3) is 0 Å². The van der Waals surface area contributed by atoms with E-state index in [9.17, 15) is 4.79 Å². The van der Waals surface area contributed by atoms with E-state index >= 15 is 0 Å². The Hall–Kier alpha value is -2.00. The van der Waals surface area contributed by atoms with Crippen molar-refractivity contribution < 1.29 is 4.79 Å².